The largest absolute Gasteiger partial charge is 0.492 e. The Morgan fingerprint density at radius 3 is 2.82 bits per heavy atom. The van der Waals surface area contributed by atoms with Crippen LogP contribution in [0.2, 0.25) is 0 Å². The van der Waals surface area contributed by atoms with Crippen molar-refractivity contribution in [3.05, 3.63) is 47.7 Å². The van der Waals surface area contributed by atoms with Gasteiger partial charge in [-0.1, -0.05) is 0 Å². The van der Waals surface area contributed by atoms with E-state index in [2.05, 4.69) is 4.98 Å². The van der Waals surface area contributed by atoms with Crippen LogP contribution in [0.4, 0.5) is 0 Å². The normalized spacial score (nSPS) is 12.4. The Bertz CT molecular complexity index is 494. The van der Waals surface area contributed by atoms with Crippen molar-refractivity contribution in [3.63, 3.8) is 0 Å². The van der Waals surface area contributed by atoms with Gasteiger partial charge in [-0.3, -0.25) is 4.98 Å². The molecule has 2 rings (SSSR count). The summed E-state index contributed by atoms with van der Waals surface area (Å²) in [7, 11) is 0. The smallest absolute Gasteiger partial charge is 0.137 e. The van der Waals surface area contributed by atoms with Gasteiger partial charge in [-0.2, -0.15) is 0 Å². The van der Waals surface area contributed by atoms with E-state index < -0.39 is 0 Å². The average Bonchev–Trinajstić information content (AvgIpc) is 2.76. The number of rotatable bonds is 4. The molecule has 0 radical (unpaired) electrons. The van der Waals surface area contributed by atoms with Crippen LogP contribution in [0.15, 0.2) is 35.2 Å². The minimum Gasteiger partial charge on any atom is -0.492 e. The predicted molar refractivity (Wildman–Crippen MR) is 64.9 cm³/mol. The number of aryl methyl sites for hydroxylation is 1. The average molecular weight is 232 g/mol. The molecule has 0 bridgehead atoms. The molecule has 4 nitrogen and oxygen atoms in total. The van der Waals surface area contributed by atoms with E-state index in [0.29, 0.717) is 6.61 Å². The number of hydrogen-bond acceptors (Lipinski definition) is 4. The van der Waals surface area contributed by atoms with Gasteiger partial charge in [0.25, 0.3) is 0 Å². The summed E-state index contributed by atoms with van der Waals surface area (Å²) in [5.74, 6) is 1.59. The molecular weight excluding hydrogens is 216 g/mol. The second-order valence-corrected chi connectivity index (χ2v) is 3.86. The molecule has 0 aliphatic carbocycles. The molecule has 1 unspecified atom stereocenters. The number of aromatic nitrogens is 1. The van der Waals surface area contributed by atoms with E-state index in [1.54, 1.807) is 18.7 Å². The summed E-state index contributed by atoms with van der Waals surface area (Å²) >= 11 is 0. The van der Waals surface area contributed by atoms with Gasteiger partial charge < -0.3 is 14.9 Å². The molecule has 0 aliphatic rings. The third-order valence-corrected chi connectivity index (χ3v) is 2.51. The molecule has 2 aromatic rings. The Labute approximate surface area is 100 Å². The fraction of sp³-hybridized carbons (Fsp3) is 0.308. The lowest BCUT2D eigenvalue weighted by Gasteiger charge is -2.10. The standard InChI is InChI=1S/C13H16N2O2/c1-3-16-12-5-10(6-15-7-12)13(14)11-4-9(2)17-8-11/h4-8,13H,3,14H2,1-2H3. The highest BCUT2D eigenvalue weighted by molar-refractivity contribution is 5.32. The third-order valence-electron chi connectivity index (χ3n) is 2.51. The van der Waals surface area contributed by atoms with Crippen molar-refractivity contribution in [1.82, 2.24) is 4.98 Å². The highest BCUT2D eigenvalue weighted by Gasteiger charge is 2.12. The quantitative estimate of drug-likeness (QED) is 0.879. The first-order valence-electron chi connectivity index (χ1n) is 5.59. The van der Waals surface area contributed by atoms with Crippen LogP contribution < -0.4 is 10.5 Å². The summed E-state index contributed by atoms with van der Waals surface area (Å²) < 4.78 is 10.6. The van der Waals surface area contributed by atoms with Crippen LogP contribution in [-0.4, -0.2) is 11.6 Å². The van der Waals surface area contributed by atoms with Crippen LogP contribution in [0.25, 0.3) is 0 Å². The van der Waals surface area contributed by atoms with Gasteiger partial charge in [-0.05, 0) is 31.5 Å². The zero-order valence-corrected chi connectivity index (χ0v) is 10.0. The Morgan fingerprint density at radius 1 is 1.35 bits per heavy atom. The van der Waals surface area contributed by atoms with Gasteiger partial charge in [0.2, 0.25) is 0 Å². The Kier molecular flexibility index (Phi) is 3.44. The summed E-state index contributed by atoms with van der Waals surface area (Å²) in [6, 6.07) is 3.60. The van der Waals surface area contributed by atoms with Gasteiger partial charge >= 0.3 is 0 Å². The third kappa shape index (κ3) is 2.65. The van der Waals surface area contributed by atoms with Crippen LogP contribution in [0, 0.1) is 6.92 Å². The molecule has 0 saturated heterocycles. The minimum absolute atomic E-state index is 0.236. The highest BCUT2D eigenvalue weighted by atomic mass is 16.5. The second kappa shape index (κ2) is 5.01. The molecule has 4 heteroatoms. The summed E-state index contributed by atoms with van der Waals surface area (Å²) in [5.41, 5.74) is 8.00. The maximum atomic E-state index is 6.14. The van der Waals surface area contributed by atoms with E-state index in [1.807, 2.05) is 26.0 Å². The van der Waals surface area contributed by atoms with E-state index in [4.69, 9.17) is 14.9 Å². The number of nitrogens with zero attached hydrogens (tertiary/aromatic N) is 1. The summed E-state index contributed by atoms with van der Waals surface area (Å²) in [6.07, 6.45) is 5.10. The Hall–Kier alpha value is -1.81. The molecule has 0 saturated carbocycles. The van der Waals surface area contributed by atoms with Crippen LogP contribution in [0.5, 0.6) is 5.75 Å². The van der Waals surface area contributed by atoms with Crippen LogP contribution in [0.3, 0.4) is 0 Å². The summed E-state index contributed by atoms with van der Waals surface area (Å²) in [5, 5.41) is 0. The first kappa shape index (κ1) is 11.7. The molecule has 17 heavy (non-hydrogen) atoms. The lowest BCUT2D eigenvalue weighted by atomic mass is 10.0. The van der Waals surface area contributed by atoms with Gasteiger partial charge in [0.15, 0.2) is 0 Å². The zero-order valence-electron chi connectivity index (χ0n) is 10.0. The second-order valence-electron chi connectivity index (χ2n) is 3.86. The molecule has 90 valence electrons. The maximum Gasteiger partial charge on any atom is 0.137 e. The monoisotopic (exact) mass is 232 g/mol. The summed E-state index contributed by atoms with van der Waals surface area (Å²) in [6.45, 7) is 4.45. The lowest BCUT2D eigenvalue weighted by Crippen LogP contribution is -2.11. The van der Waals surface area contributed by atoms with Crippen molar-refractivity contribution in [3.8, 4) is 5.75 Å². The molecule has 2 aromatic heterocycles. The predicted octanol–water partition coefficient (Wildman–Crippen LogP) is 2.43. The number of ether oxygens (including phenoxy) is 1. The Morgan fingerprint density at radius 2 is 2.18 bits per heavy atom. The van der Waals surface area contributed by atoms with Gasteiger partial charge in [-0.25, -0.2) is 0 Å². The molecule has 0 amide bonds. The van der Waals surface area contributed by atoms with Gasteiger partial charge in [0.1, 0.15) is 11.5 Å². The number of pyridine rings is 1. The number of furan rings is 1. The molecular formula is C13H16N2O2. The maximum absolute atomic E-state index is 6.14. The molecule has 0 aliphatic heterocycles. The van der Waals surface area contributed by atoms with E-state index in [9.17, 15) is 0 Å². The number of nitrogens with two attached hydrogens (primary N) is 1. The van der Waals surface area contributed by atoms with Crippen molar-refractivity contribution in [2.75, 3.05) is 6.61 Å². The summed E-state index contributed by atoms with van der Waals surface area (Å²) in [4.78, 5) is 4.12. The lowest BCUT2D eigenvalue weighted by molar-refractivity contribution is 0.338. The van der Waals surface area contributed by atoms with Crippen molar-refractivity contribution >= 4 is 0 Å². The van der Waals surface area contributed by atoms with E-state index in [-0.39, 0.29) is 6.04 Å². The van der Waals surface area contributed by atoms with E-state index in [1.165, 1.54) is 0 Å². The minimum atomic E-state index is -0.236. The molecule has 0 aromatic carbocycles. The van der Waals surface area contributed by atoms with Gasteiger partial charge in [0.05, 0.1) is 25.1 Å². The van der Waals surface area contributed by atoms with Crippen molar-refractivity contribution in [1.29, 1.82) is 0 Å². The van der Waals surface area contributed by atoms with Gasteiger partial charge in [0, 0.05) is 11.8 Å². The fourth-order valence-corrected chi connectivity index (χ4v) is 1.67. The molecule has 2 N–H and O–H groups in total. The van der Waals surface area contributed by atoms with E-state index >= 15 is 0 Å². The number of hydrogen-bond donors (Lipinski definition) is 1. The fourth-order valence-electron chi connectivity index (χ4n) is 1.67. The van der Waals surface area contributed by atoms with Crippen LogP contribution >= 0.6 is 0 Å². The first-order chi connectivity index (χ1) is 8.20. The zero-order chi connectivity index (χ0) is 12.3. The highest BCUT2D eigenvalue weighted by Crippen LogP contribution is 2.23. The van der Waals surface area contributed by atoms with Crippen molar-refractivity contribution in [2.24, 2.45) is 5.73 Å². The molecule has 2 heterocycles. The van der Waals surface area contributed by atoms with Crippen molar-refractivity contribution < 1.29 is 9.15 Å². The van der Waals surface area contributed by atoms with Crippen LogP contribution in [0.1, 0.15) is 29.9 Å². The topological polar surface area (TPSA) is 61.3 Å². The molecule has 0 fully saturated rings. The van der Waals surface area contributed by atoms with Gasteiger partial charge in [-0.15, -0.1) is 0 Å². The van der Waals surface area contributed by atoms with Crippen molar-refractivity contribution in [2.45, 2.75) is 19.9 Å². The van der Waals surface area contributed by atoms with E-state index in [0.717, 1.165) is 22.6 Å². The Balaban J connectivity index is 2.24. The molecule has 1 atom stereocenters. The molecule has 0 spiro atoms. The SMILES string of the molecule is CCOc1cncc(C(N)c2coc(C)c2)c1. The first-order valence-corrected chi connectivity index (χ1v) is 5.59. The van der Waals surface area contributed by atoms with Crippen LogP contribution in [-0.2, 0) is 0 Å².